The molecule has 0 aromatic heterocycles. The van der Waals surface area contributed by atoms with Crippen LogP contribution in [0.25, 0.3) is 0 Å². The molecule has 0 bridgehead atoms. The summed E-state index contributed by atoms with van der Waals surface area (Å²) in [5.41, 5.74) is -0.420. The lowest BCUT2D eigenvalue weighted by Gasteiger charge is -2.35. The van der Waals surface area contributed by atoms with E-state index in [-0.39, 0.29) is 0 Å². The molecule has 0 spiro atoms. The molecule has 12 heavy (non-hydrogen) atoms. The first kappa shape index (κ1) is 10.0. The zero-order chi connectivity index (χ0) is 9.03. The zero-order valence-electron chi connectivity index (χ0n) is 8.27. The minimum Gasteiger partial charge on any atom is -0.390 e. The first-order valence-corrected chi connectivity index (χ1v) is 5.10. The highest BCUT2D eigenvalue weighted by Crippen LogP contribution is 2.29. The van der Waals surface area contributed by atoms with Gasteiger partial charge in [0.15, 0.2) is 0 Å². The van der Waals surface area contributed by atoms with Crippen LogP contribution >= 0.6 is 0 Å². The number of hydrogen-bond acceptors (Lipinski definition) is 2. The van der Waals surface area contributed by atoms with Crippen molar-refractivity contribution in [2.75, 3.05) is 13.1 Å². The summed E-state index contributed by atoms with van der Waals surface area (Å²) in [6.45, 7) is 6.27. The van der Waals surface area contributed by atoms with E-state index in [1.807, 2.05) is 6.92 Å². The second-order valence-corrected chi connectivity index (χ2v) is 4.13. The van der Waals surface area contributed by atoms with E-state index >= 15 is 0 Å². The minimum atomic E-state index is -0.420. The van der Waals surface area contributed by atoms with E-state index in [1.165, 1.54) is 0 Å². The Kier molecular flexibility index (Phi) is 3.53. The Hall–Kier alpha value is -0.0800. The van der Waals surface area contributed by atoms with E-state index in [1.54, 1.807) is 0 Å². The quantitative estimate of drug-likeness (QED) is 0.675. The Morgan fingerprint density at radius 2 is 2.00 bits per heavy atom. The molecule has 0 aliphatic carbocycles. The molecular weight excluding hydrogens is 150 g/mol. The standard InChI is InChI=1S/C10H21NO/c1-3-6-10(2,12)9-4-7-11-8-5-9/h9,11-12H,3-8H2,1-2H3. The van der Waals surface area contributed by atoms with Gasteiger partial charge in [0.2, 0.25) is 0 Å². The lowest BCUT2D eigenvalue weighted by atomic mass is 9.79. The Morgan fingerprint density at radius 3 is 2.50 bits per heavy atom. The van der Waals surface area contributed by atoms with Crippen molar-refractivity contribution in [3.63, 3.8) is 0 Å². The van der Waals surface area contributed by atoms with Gasteiger partial charge in [-0.05, 0) is 45.2 Å². The number of aliphatic hydroxyl groups is 1. The molecule has 1 rings (SSSR count). The van der Waals surface area contributed by atoms with Gasteiger partial charge in [-0.15, -0.1) is 0 Å². The summed E-state index contributed by atoms with van der Waals surface area (Å²) in [5.74, 6) is 0.513. The molecule has 1 aliphatic rings. The third-order valence-electron chi connectivity index (χ3n) is 2.97. The van der Waals surface area contributed by atoms with Gasteiger partial charge in [0, 0.05) is 0 Å². The molecule has 0 aromatic carbocycles. The molecule has 72 valence electrons. The van der Waals surface area contributed by atoms with Gasteiger partial charge in [-0.1, -0.05) is 13.3 Å². The van der Waals surface area contributed by atoms with Gasteiger partial charge in [-0.25, -0.2) is 0 Å². The zero-order valence-corrected chi connectivity index (χ0v) is 8.27. The lowest BCUT2D eigenvalue weighted by molar-refractivity contribution is -0.0212. The molecule has 2 heteroatoms. The van der Waals surface area contributed by atoms with Crippen molar-refractivity contribution < 1.29 is 5.11 Å². The van der Waals surface area contributed by atoms with E-state index in [0.29, 0.717) is 5.92 Å². The van der Waals surface area contributed by atoms with Crippen LogP contribution in [-0.2, 0) is 0 Å². The molecule has 1 aliphatic heterocycles. The highest BCUT2D eigenvalue weighted by atomic mass is 16.3. The fourth-order valence-corrected chi connectivity index (χ4v) is 2.15. The van der Waals surface area contributed by atoms with Crippen molar-refractivity contribution in [1.82, 2.24) is 5.32 Å². The summed E-state index contributed by atoms with van der Waals surface area (Å²) in [6, 6.07) is 0. The molecule has 1 heterocycles. The third-order valence-corrected chi connectivity index (χ3v) is 2.97. The van der Waals surface area contributed by atoms with Gasteiger partial charge in [-0.3, -0.25) is 0 Å². The summed E-state index contributed by atoms with van der Waals surface area (Å²) in [7, 11) is 0. The molecule has 0 saturated carbocycles. The Bertz CT molecular complexity index is 128. The molecule has 1 atom stereocenters. The maximum atomic E-state index is 10.1. The first-order valence-electron chi connectivity index (χ1n) is 5.10. The van der Waals surface area contributed by atoms with Crippen molar-refractivity contribution in [1.29, 1.82) is 0 Å². The van der Waals surface area contributed by atoms with Crippen LogP contribution in [-0.4, -0.2) is 23.8 Å². The predicted octanol–water partition coefficient (Wildman–Crippen LogP) is 1.54. The Morgan fingerprint density at radius 1 is 1.42 bits per heavy atom. The summed E-state index contributed by atoms with van der Waals surface area (Å²) >= 11 is 0. The normalized spacial score (nSPS) is 25.2. The number of piperidine rings is 1. The van der Waals surface area contributed by atoms with E-state index < -0.39 is 5.60 Å². The molecule has 0 amide bonds. The lowest BCUT2D eigenvalue weighted by Crippen LogP contribution is -2.41. The second-order valence-electron chi connectivity index (χ2n) is 4.13. The van der Waals surface area contributed by atoms with E-state index in [0.717, 1.165) is 38.8 Å². The third kappa shape index (κ3) is 2.46. The molecule has 1 saturated heterocycles. The largest absolute Gasteiger partial charge is 0.390 e. The SMILES string of the molecule is CCCC(C)(O)C1CCNCC1. The second kappa shape index (κ2) is 4.24. The van der Waals surface area contributed by atoms with Crippen LogP contribution in [0.5, 0.6) is 0 Å². The molecule has 2 nitrogen and oxygen atoms in total. The summed E-state index contributed by atoms with van der Waals surface area (Å²) in [5, 5.41) is 13.4. The van der Waals surface area contributed by atoms with Crippen LogP contribution in [0.1, 0.15) is 39.5 Å². The fraction of sp³-hybridized carbons (Fsp3) is 1.00. The summed E-state index contributed by atoms with van der Waals surface area (Å²) < 4.78 is 0. The molecule has 0 radical (unpaired) electrons. The molecule has 2 N–H and O–H groups in total. The van der Waals surface area contributed by atoms with Gasteiger partial charge in [0.1, 0.15) is 0 Å². The van der Waals surface area contributed by atoms with Crippen molar-refractivity contribution >= 4 is 0 Å². The molecular formula is C10H21NO. The van der Waals surface area contributed by atoms with Crippen molar-refractivity contribution in [2.45, 2.75) is 45.1 Å². The van der Waals surface area contributed by atoms with Crippen LogP contribution < -0.4 is 5.32 Å². The van der Waals surface area contributed by atoms with E-state index in [9.17, 15) is 5.11 Å². The summed E-state index contributed by atoms with van der Waals surface area (Å²) in [6.07, 6.45) is 4.29. The van der Waals surface area contributed by atoms with Gasteiger partial charge < -0.3 is 10.4 Å². The number of hydrogen-bond donors (Lipinski definition) is 2. The van der Waals surface area contributed by atoms with Gasteiger partial charge in [0.25, 0.3) is 0 Å². The van der Waals surface area contributed by atoms with Crippen molar-refractivity contribution in [3.8, 4) is 0 Å². The highest BCUT2D eigenvalue weighted by molar-refractivity contribution is 4.84. The first-order chi connectivity index (χ1) is 5.67. The highest BCUT2D eigenvalue weighted by Gasteiger charge is 2.31. The summed E-state index contributed by atoms with van der Waals surface area (Å²) in [4.78, 5) is 0. The smallest absolute Gasteiger partial charge is 0.0648 e. The maximum Gasteiger partial charge on any atom is 0.0648 e. The number of rotatable bonds is 3. The van der Waals surface area contributed by atoms with Crippen LogP contribution in [0.3, 0.4) is 0 Å². The average molecular weight is 171 g/mol. The maximum absolute atomic E-state index is 10.1. The van der Waals surface area contributed by atoms with Crippen LogP contribution in [0.15, 0.2) is 0 Å². The average Bonchev–Trinajstić information content (AvgIpc) is 2.06. The van der Waals surface area contributed by atoms with Gasteiger partial charge >= 0.3 is 0 Å². The van der Waals surface area contributed by atoms with Gasteiger partial charge in [-0.2, -0.15) is 0 Å². The van der Waals surface area contributed by atoms with Crippen LogP contribution in [0.2, 0.25) is 0 Å². The minimum absolute atomic E-state index is 0.420. The van der Waals surface area contributed by atoms with E-state index in [4.69, 9.17) is 0 Å². The van der Waals surface area contributed by atoms with Crippen LogP contribution in [0, 0.1) is 5.92 Å². The van der Waals surface area contributed by atoms with Crippen molar-refractivity contribution in [2.24, 2.45) is 5.92 Å². The van der Waals surface area contributed by atoms with Crippen LogP contribution in [0.4, 0.5) is 0 Å². The van der Waals surface area contributed by atoms with Gasteiger partial charge in [0.05, 0.1) is 5.60 Å². The monoisotopic (exact) mass is 171 g/mol. The Balaban J connectivity index is 2.41. The Labute approximate surface area is 75.4 Å². The van der Waals surface area contributed by atoms with Crippen molar-refractivity contribution in [3.05, 3.63) is 0 Å². The molecule has 1 fully saturated rings. The van der Waals surface area contributed by atoms with E-state index in [2.05, 4.69) is 12.2 Å². The predicted molar refractivity (Wildman–Crippen MR) is 51.1 cm³/mol. The number of nitrogens with one attached hydrogen (secondary N) is 1. The molecule has 0 aromatic rings. The topological polar surface area (TPSA) is 32.3 Å². The molecule has 1 unspecified atom stereocenters. The fourth-order valence-electron chi connectivity index (χ4n) is 2.15.